The number of aromatic hydroxyl groups is 1. The number of phenolic OH excluding ortho intramolecular Hbond substituents is 1. The van der Waals surface area contributed by atoms with Crippen LogP contribution in [-0.2, 0) is 24.7 Å². The van der Waals surface area contributed by atoms with Gasteiger partial charge < -0.3 is 62.3 Å². The first kappa shape index (κ1) is 44.7. The third-order valence-electron chi connectivity index (χ3n) is 9.21. The van der Waals surface area contributed by atoms with E-state index in [9.17, 15) is 15.0 Å². The first-order valence-corrected chi connectivity index (χ1v) is 19.3. The Morgan fingerprint density at radius 2 is 1.03 bits per heavy atom. The fourth-order valence-corrected chi connectivity index (χ4v) is 6.16. The summed E-state index contributed by atoms with van der Waals surface area (Å²) in [4.78, 5) is 13.3. The Bertz CT molecular complexity index is 2280. The molecule has 1 aliphatic heterocycles. The number of ketones is 1. The van der Waals surface area contributed by atoms with Gasteiger partial charge in [-0.2, -0.15) is 0 Å². The highest BCUT2D eigenvalue weighted by Gasteiger charge is 2.48. The Morgan fingerprint density at radius 3 is 1.55 bits per heavy atom. The average molecular weight is 849 g/mol. The molecule has 0 amide bonds. The quantitative estimate of drug-likeness (QED) is 0.0591. The topological polar surface area (TPSA) is 159 Å². The molecule has 0 aromatic heterocycles. The lowest BCUT2D eigenvalue weighted by Crippen LogP contribution is -2.44. The van der Waals surface area contributed by atoms with E-state index in [0.717, 1.165) is 5.56 Å². The van der Waals surface area contributed by atoms with Gasteiger partial charge in [-0.25, -0.2) is 0 Å². The zero-order chi connectivity index (χ0) is 43.7. The summed E-state index contributed by atoms with van der Waals surface area (Å²) in [7, 11) is 6.18. The van der Waals surface area contributed by atoms with Crippen LogP contribution in [0.15, 0.2) is 146 Å². The predicted molar refractivity (Wildman–Crippen MR) is 226 cm³/mol. The van der Waals surface area contributed by atoms with Gasteiger partial charge in [0.25, 0.3) is 5.79 Å². The summed E-state index contributed by atoms with van der Waals surface area (Å²) in [5.41, 5.74) is 2.29. The maximum absolute atomic E-state index is 13.3. The van der Waals surface area contributed by atoms with E-state index in [-0.39, 0.29) is 44.5 Å². The standard InChI is InChI=1S/2C24H24O7/c1-26-15-28-19-11-7-17(8-12-19)23-24(25,31-22-6-4-3-5-21(22)30-23)18-9-13-20(14-10-18)29-16-27-2;1-27-15-29-19-11-7-17(8-12-19)23(26)24(31-22-6-4-3-5-21(22)25)18-9-13-20(14-10-18)30-16-28-2/h3-14,23,25H,15-16H2,1-2H3;3-14,24-25H,15-16H2,1-2H3. The van der Waals surface area contributed by atoms with Crippen LogP contribution >= 0.6 is 0 Å². The van der Waals surface area contributed by atoms with Crippen molar-refractivity contribution in [2.75, 3.05) is 55.6 Å². The van der Waals surface area contributed by atoms with E-state index in [0.29, 0.717) is 51.2 Å². The van der Waals surface area contributed by atoms with Crippen LogP contribution in [0.25, 0.3) is 0 Å². The molecular formula is C48H48O14. The number of hydrogen-bond donors (Lipinski definition) is 2. The lowest BCUT2D eigenvalue weighted by atomic mass is 9.93. The Morgan fingerprint density at radius 1 is 0.581 bits per heavy atom. The van der Waals surface area contributed by atoms with Gasteiger partial charge in [0, 0.05) is 45.1 Å². The number of hydrogen-bond acceptors (Lipinski definition) is 14. The lowest BCUT2D eigenvalue weighted by molar-refractivity contribution is -0.225. The maximum Gasteiger partial charge on any atom is 0.276 e. The zero-order valence-electron chi connectivity index (χ0n) is 34.6. The molecule has 62 heavy (non-hydrogen) atoms. The van der Waals surface area contributed by atoms with Crippen molar-refractivity contribution in [3.05, 3.63) is 168 Å². The van der Waals surface area contributed by atoms with Gasteiger partial charge in [-0.15, -0.1) is 0 Å². The van der Waals surface area contributed by atoms with Gasteiger partial charge in [0.15, 0.2) is 62.4 Å². The van der Waals surface area contributed by atoms with Gasteiger partial charge >= 0.3 is 0 Å². The normalized spacial score (nSPS) is 15.6. The maximum atomic E-state index is 13.3. The van der Waals surface area contributed by atoms with Crippen molar-refractivity contribution < 1.29 is 67.1 Å². The molecule has 0 radical (unpaired) electrons. The van der Waals surface area contributed by atoms with Gasteiger partial charge in [-0.05, 0) is 103 Å². The van der Waals surface area contributed by atoms with E-state index in [4.69, 9.17) is 52.1 Å². The highest BCUT2D eigenvalue weighted by Crippen LogP contribution is 2.48. The number of aliphatic hydroxyl groups is 1. The molecule has 2 N–H and O–H groups in total. The Hall–Kier alpha value is -6.81. The summed E-state index contributed by atoms with van der Waals surface area (Å²) in [5, 5.41) is 21.8. The van der Waals surface area contributed by atoms with E-state index >= 15 is 0 Å². The minimum Gasteiger partial charge on any atom is -0.504 e. The van der Waals surface area contributed by atoms with E-state index in [1.54, 1.807) is 129 Å². The Kier molecular flexibility index (Phi) is 16.0. The molecule has 0 aliphatic carbocycles. The number of para-hydroxylation sites is 4. The monoisotopic (exact) mass is 848 g/mol. The molecule has 3 unspecified atom stereocenters. The second kappa shape index (κ2) is 22.2. The summed E-state index contributed by atoms with van der Waals surface area (Å²) >= 11 is 0. The number of rotatable bonds is 19. The lowest BCUT2D eigenvalue weighted by Gasteiger charge is -2.41. The largest absolute Gasteiger partial charge is 0.504 e. The van der Waals surface area contributed by atoms with Gasteiger partial charge in [0.2, 0.25) is 5.78 Å². The number of carbonyl (C=O) groups excluding carboxylic acids is 1. The predicted octanol–water partition coefficient (Wildman–Crippen LogP) is 8.37. The van der Waals surface area contributed by atoms with Crippen molar-refractivity contribution in [1.82, 2.24) is 0 Å². The molecule has 1 heterocycles. The average Bonchev–Trinajstić information content (AvgIpc) is 3.31. The molecule has 1 aliphatic rings. The molecule has 6 aromatic carbocycles. The molecule has 0 bridgehead atoms. The Labute approximate surface area is 359 Å². The smallest absolute Gasteiger partial charge is 0.276 e. The highest BCUT2D eigenvalue weighted by molar-refractivity contribution is 6.00. The summed E-state index contributed by atoms with van der Waals surface area (Å²) < 4.78 is 59.6. The first-order valence-electron chi connectivity index (χ1n) is 19.3. The minimum absolute atomic E-state index is 0.0522. The SMILES string of the molecule is COCOc1ccc(C(=O)C(Oc2ccccc2O)c2ccc(OCOC)cc2)cc1.COCOc1ccc(C2Oc3ccccc3OC2(O)c2ccc(OCOC)cc2)cc1. The van der Waals surface area contributed by atoms with Crippen molar-refractivity contribution in [3.63, 3.8) is 0 Å². The van der Waals surface area contributed by atoms with Crippen LogP contribution in [0.5, 0.6) is 46.0 Å². The number of phenols is 1. The van der Waals surface area contributed by atoms with Gasteiger partial charge in [0.05, 0.1) is 0 Å². The third kappa shape index (κ3) is 11.5. The summed E-state index contributed by atoms with van der Waals surface area (Å²) in [5.74, 6) is 1.57. The van der Waals surface area contributed by atoms with Gasteiger partial charge in [-0.1, -0.05) is 48.5 Å². The second-order valence-electron chi connectivity index (χ2n) is 13.5. The fraction of sp³-hybridized carbons (Fsp3) is 0.229. The van der Waals surface area contributed by atoms with Crippen LogP contribution in [0.2, 0.25) is 0 Å². The van der Waals surface area contributed by atoms with Crippen molar-refractivity contribution in [1.29, 1.82) is 0 Å². The first-order chi connectivity index (χ1) is 30.3. The number of ether oxygens (including phenoxy) is 11. The summed E-state index contributed by atoms with van der Waals surface area (Å²) in [6.07, 6.45) is -1.79. The Balaban J connectivity index is 0.000000207. The van der Waals surface area contributed by atoms with Crippen LogP contribution in [0, 0.1) is 0 Å². The molecule has 14 nitrogen and oxygen atoms in total. The van der Waals surface area contributed by atoms with Crippen LogP contribution in [0.3, 0.4) is 0 Å². The molecule has 0 fully saturated rings. The van der Waals surface area contributed by atoms with Crippen LogP contribution in [0.1, 0.15) is 39.3 Å². The fourth-order valence-electron chi connectivity index (χ4n) is 6.16. The molecule has 324 valence electrons. The molecule has 7 rings (SSSR count). The van der Waals surface area contributed by atoms with Crippen molar-refractivity contribution in [3.8, 4) is 46.0 Å². The van der Waals surface area contributed by atoms with E-state index in [2.05, 4.69) is 0 Å². The summed E-state index contributed by atoms with van der Waals surface area (Å²) in [6, 6.07) is 41.6. The van der Waals surface area contributed by atoms with Crippen LogP contribution < -0.4 is 33.2 Å². The zero-order valence-corrected chi connectivity index (χ0v) is 34.6. The number of benzene rings is 6. The summed E-state index contributed by atoms with van der Waals surface area (Å²) in [6.45, 7) is 0.519. The van der Waals surface area contributed by atoms with E-state index in [1.165, 1.54) is 20.3 Å². The van der Waals surface area contributed by atoms with Crippen LogP contribution in [0.4, 0.5) is 0 Å². The molecule has 0 saturated heterocycles. The van der Waals surface area contributed by atoms with Crippen molar-refractivity contribution in [2.24, 2.45) is 0 Å². The molecule has 0 spiro atoms. The van der Waals surface area contributed by atoms with E-state index in [1.807, 2.05) is 24.3 Å². The number of fused-ring (bicyclic) bond motifs is 1. The number of Topliss-reactive ketones (excluding diaryl/α,β-unsaturated/α-hetero) is 1. The van der Waals surface area contributed by atoms with E-state index < -0.39 is 18.0 Å². The second-order valence-corrected chi connectivity index (χ2v) is 13.5. The molecular weight excluding hydrogens is 801 g/mol. The third-order valence-corrected chi connectivity index (χ3v) is 9.21. The van der Waals surface area contributed by atoms with Crippen molar-refractivity contribution in [2.45, 2.75) is 18.0 Å². The minimum atomic E-state index is -1.76. The van der Waals surface area contributed by atoms with Gasteiger partial charge in [-0.3, -0.25) is 4.79 Å². The van der Waals surface area contributed by atoms with Gasteiger partial charge in [0.1, 0.15) is 23.0 Å². The van der Waals surface area contributed by atoms with Crippen molar-refractivity contribution >= 4 is 5.78 Å². The molecule has 14 heteroatoms. The number of methoxy groups -OCH3 is 4. The molecule has 3 atom stereocenters. The van der Waals surface area contributed by atoms with Crippen LogP contribution in [-0.4, -0.2) is 71.6 Å². The number of carbonyl (C=O) groups is 1. The molecule has 0 saturated carbocycles. The highest BCUT2D eigenvalue weighted by atomic mass is 16.7. The molecule has 6 aromatic rings.